The van der Waals surface area contributed by atoms with Crippen LogP contribution < -0.4 is 0 Å². The molecule has 1 aliphatic carbocycles. The Kier molecular flexibility index (Phi) is 6.63. The summed E-state index contributed by atoms with van der Waals surface area (Å²) >= 11 is 0. The van der Waals surface area contributed by atoms with Crippen molar-refractivity contribution in [1.82, 2.24) is 15.0 Å². The first-order valence-corrected chi connectivity index (χ1v) is 11.4. The van der Waals surface area contributed by atoms with Crippen molar-refractivity contribution in [3.8, 4) is 22.5 Å². The fourth-order valence-corrected chi connectivity index (χ4v) is 4.64. The molecule has 1 heterocycles. The summed E-state index contributed by atoms with van der Waals surface area (Å²) in [6.07, 6.45) is 8.43. The Morgan fingerprint density at radius 2 is 1.73 bits per heavy atom. The van der Waals surface area contributed by atoms with Gasteiger partial charge in [0.15, 0.2) is 0 Å². The molecule has 2 aromatic carbocycles. The van der Waals surface area contributed by atoms with Gasteiger partial charge in [-0.1, -0.05) is 92.8 Å². The molecule has 0 fully saturated rings. The van der Waals surface area contributed by atoms with Gasteiger partial charge < -0.3 is 4.74 Å². The molecule has 2 unspecified atom stereocenters. The molecule has 3 aromatic rings. The van der Waals surface area contributed by atoms with Crippen LogP contribution in [0.3, 0.4) is 0 Å². The molecular weight excluding hydrogens is 370 g/mol. The molecule has 0 N–H and O–H groups in total. The number of hydrogen-bond donors (Lipinski definition) is 0. The molecule has 0 saturated heterocycles. The van der Waals surface area contributed by atoms with Gasteiger partial charge >= 0.3 is 0 Å². The Morgan fingerprint density at radius 3 is 2.53 bits per heavy atom. The van der Waals surface area contributed by atoms with Crippen LogP contribution in [0.4, 0.5) is 0 Å². The number of nitrogens with zero attached hydrogens (tertiary/aromatic N) is 3. The topological polar surface area (TPSA) is 39.9 Å². The van der Waals surface area contributed by atoms with Crippen molar-refractivity contribution in [2.75, 3.05) is 7.11 Å². The SMILES string of the molecule is CCCCCCCC(C)n1nnc2c1-c1ccccc1C(OC)Cc1ccccc1-2. The van der Waals surface area contributed by atoms with Crippen molar-refractivity contribution in [3.05, 3.63) is 59.7 Å². The number of rotatable bonds is 8. The molecule has 0 bridgehead atoms. The number of fused-ring (bicyclic) bond motifs is 5. The molecule has 0 radical (unpaired) electrons. The van der Waals surface area contributed by atoms with E-state index in [0.29, 0.717) is 6.04 Å². The van der Waals surface area contributed by atoms with Crippen LogP contribution in [0.2, 0.25) is 0 Å². The summed E-state index contributed by atoms with van der Waals surface area (Å²) in [6, 6.07) is 17.5. The van der Waals surface area contributed by atoms with Crippen LogP contribution in [-0.4, -0.2) is 22.1 Å². The third-order valence-corrected chi connectivity index (χ3v) is 6.36. The van der Waals surface area contributed by atoms with E-state index >= 15 is 0 Å². The minimum Gasteiger partial charge on any atom is -0.376 e. The molecule has 2 atom stereocenters. The largest absolute Gasteiger partial charge is 0.376 e. The lowest BCUT2D eigenvalue weighted by molar-refractivity contribution is 0.104. The van der Waals surface area contributed by atoms with Crippen LogP contribution in [0.15, 0.2) is 48.5 Å². The maximum atomic E-state index is 5.95. The molecule has 158 valence electrons. The molecule has 1 aliphatic rings. The highest BCUT2D eigenvalue weighted by Crippen LogP contribution is 2.42. The summed E-state index contributed by atoms with van der Waals surface area (Å²) in [6.45, 7) is 4.54. The number of unbranched alkanes of at least 4 members (excludes halogenated alkanes) is 4. The first kappa shape index (κ1) is 20.8. The van der Waals surface area contributed by atoms with Gasteiger partial charge in [-0.25, -0.2) is 4.68 Å². The fourth-order valence-electron chi connectivity index (χ4n) is 4.64. The smallest absolute Gasteiger partial charge is 0.121 e. The Balaban J connectivity index is 1.77. The maximum absolute atomic E-state index is 5.95. The molecule has 4 nitrogen and oxygen atoms in total. The monoisotopic (exact) mass is 403 g/mol. The van der Waals surface area contributed by atoms with Crippen molar-refractivity contribution in [3.63, 3.8) is 0 Å². The van der Waals surface area contributed by atoms with Crippen LogP contribution in [0.1, 0.15) is 75.6 Å². The molecule has 0 amide bonds. The van der Waals surface area contributed by atoms with Gasteiger partial charge in [0.2, 0.25) is 0 Å². The van der Waals surface area contributed by atoms with Crippen LogP contribution in [-0.2, 0) is 11.2 Å². The summed E-state index contributed by atoms with van der Waals surface area (Å²) in [4.78, 5) is 0. The summed E-state index contributed by atoms with van der Waals surface area (Å²) in [7, 11) is 1.81. The minimum atomic E-state index is 0.0169. The Bertz CT molecular complexity index is 978. The summed E-state index contributed by atoms with van der Waals surface area (Å²) in [5.74, 6) is 0. The number of benzene rings is 2. The zero-order valence-electron chi connectivity index (χ0n) is 18.5. The Hall–Kier alpha value is -2.46. The molecule has 1 aromatic heterocycles. The second-order valence-corrected chi connectivity index (χ2v) is 8.46. The van der Waals surface area contributed by atoms with E-state index < -0.39 is 0 Å². The lowest BCUT2D eigenvalue weighted by Crippen LogP contribution is -2.14. The van der Waals surface area contributed by atoms with E-state index in [4.69, 9.17) is 9.84 Å². The van der Waals surface area contributed by atoms with Crippen molar-refractivity contribution >= 4 is 0 Å². The van der Waals surface area contributed by atoms with Crippen molar-refractivity contribution < 1.29 is 4.74 Å². The summed E-state index contributed by atoms with van der Waals surface area (Å²) in [5, 5.41) is 9.37. The second kappa shape index (κ2) is 9.57. The summed E-state index contributed by atoms with van der Waals surface area (Å²) in [5.41, 5.74) is 6.96. The van der Waals surface area contributed by atoms with E-state index in [9.17, 15) is 0 Å². The Morgan fingerprint density at radius 1 is 1.00 bits per heavy atom. The highest BCUT2D eigenvalue weighted by Gasteiger charge is 2.28. The van der Waals surface area contributed by atoms with Crippen molar-refractivity contribution in [2.24, 2.45) is 0 Å². The van der Waals surface area contributed by atoms with E-state index in [1.807, 2.05) is 0 Å². The average molecular weight is 404 g/mol. The average Bonchev–Trinajstić information content (AvgIpc) is 3.21. The molecule has 4 heteroatoms. The van der Waals surface area contributed by atoms with Gasteiger partial charge in [-0.15, -0.1) is 5.10 Å². The number of hydrogen-bond acceptors (Lipinski definition) is 3. The van der Waals surface area contributed by atoms with Gasteiger partial charge in [0.1, 0.15) is 5.69 Å². The normalized spacial score (nSPS) is 16.2. The molecular formula is C26H33N3O. The van der Waals surface area contributed by atoms with Crippen molar-refractivity contribution in [2.45, 2.75) is 70.9 Å². The van der Waals surface area contributed by atoms with Gasteiger partial charge in [0.25, 0.3) is 0 Å². The van der Waals surface area contributed by atoms with E-state index in [2.05, 4.69) is 72.3 Å². The lowest BCUT2D eigenvalue weighted by Gasteiger charge is -2.25. The van der Waals surface area contributed by atoms with Crippen LogP contribution in [0.5, 0.6) is 0 Å². The standard InChI is InChI=1S/C26H33N3O/c1-4-5-6-7-8-13-19(2)29-26-23-17-12-11-16-22(23)24(30-3)18-20-14-9-10-15-21(20)25(26)27-28-29/h9-12,14-17,19,24H,4-8,13,18H2,1-3H3. The Labute approximate surface area is 180 Å². The zero-order valence-corrected chi connectivity index (χ0v) is 18.5. The lowest BCUT2D eigenvalue weighted by atomic mass is 9.87. The van der Waals surface area contributed by atoms with E-state index in [1.165, 1.54) is 54.4 Å². The molecule has 0 spiro atoms. The van der Waals surface area contributed by atoms with Crippen LogP contribution in [0.25, 0.3) is 22.5 Å². The van der Waals surface area contributed by atoms with Gasteiger partial charge in [0.05, 0.1) is 17.8 Å². The predicted molar refractivity (Wildman–Crippen MR) is 122 cm³/mol. The second-order valence-electron chi connectivity index (χ2n) is 8.46. The third-order valence-electron chi connectivity index (χ3n) is 6.36. The quantitative estimate of drug-likeness (QED) is 0.389. The van der Waals surface area contributed by atoms with Gasteiger partial charge in [-0.05, 0) is 24.5 Å². The zero-order chi connectivity index (χ0) is 20.9. The third kappa shape index (κ3) is 4.06. The number of methoxy groups -OCH3 is 1. The van der Waals surface area contributed by atoms with E-state index in [0.717, 1.165) is 24.2 Å². The molecule has 4 rings (SSSR count). The van der Waals surface area contributed by atoms with Gasteiger partial charge in [0, 0.05) is 24.7 Å². The van der Waals surface area contributed by atoms with Gasteiger partial charge in [-0.3, -0.25) is 0 Å². The van der Waals surface area contributed by atoms with Gasteiger partial charge in [-0.2, -0.15) is 0 Å². The first-order valence-electron chi connectivity index (χ1n) is 11.4. The fraction of sp³-hybridized carbons (Fsp3) is 0.462. The van der Waals surface area contributed by atoms with E-state index in [-0.39, 0.29) is 6.10 Å². The molecule has 0 saturated carbocycles. The highest BCUT2D eigenvalue weighted by atomic mass is 16.5. The number of ether oxygens (including phenoxy) is 1. The van der Waals surface area contributed by atoms with E-state index in [1.54, 1.807) is 7.11 Å². The number of aromatic nitrogens is 3. The highest BCUT2D eigenvalue weighted by molar-refractivity contribution is 5.82. The van der Waals surface area contributed by atoms with Crippen LogP contribution >= 0.6 is 0 Å². The maximum Gasteiger partial charge on any atom is 0.121 e. The minimum absolute atomic E-state index is 0.0169. The molecule has 0 aliphatic heterocycles. The molecule has 30 heavy (non-hydrogen) atoms. The van der Waals surface area contributed by atoms with Crippen molar-refractivity contribution in [1.29, 1.82) is 0 Å². The first-order chi connectivity index (χ1) is 14.7. The predicted octanol–water partition coefficient (Wildman–Crippen LogP) is 6.78. The van der Waals surface area contributed by atoms with Crippen LogP contribution in [0, 0.1) is 0 Å². The summed E-state index contributed by atoms with van der Waals surface area (Å²) < 4.78 is 8.11.